The van der Waals surface area contributed by atoms with Crippen LogP contribution in [0.2, 0.25) is 0 Å². The Hall–Kier alpha value is -0.160. The van der Waals surface area contributed by atoms with Gasteiger partial charge in [-0.25, -0.2) is 0 Å². The second-order valence-electron chi connectivity index (χ2n) is 5.26. The molecule has 4 nitrogen and oxygen atoms in total. The van der Waals surface area contributed by atoms with E-state index in [9.17, 15) is 0 Å². The number of hydrogen-bond donors (Lipinski definition) is 1. The van der Waals surface area contributed by atoms with Gasteiger partial charge in [0.25, 0.3) is 0 Å². The maximum absolute atomic E-state index is 5.93. The van der Waals surface area contributed by atoms with Crippen LogP contribution in [0, 0.1) is 0 Å². The molecule has 2 heterocycles. The number of ether oxygens (including phenoxy) is 3. The summed E-state index contributed by atoms with van der Waals surface area (Å²) in [5.41, 5.74) is -0.135. The van der Waals surface area contributed by atoms with E-state index in [1.165, 1.54) is 0 Å². The van der Waals surface area contributed by atoms with Gasteiger partial charge in [0.15, 0.2) is 0 Å². The van der Waals surface area contributed by atoms with Crippen molar-refractivity contribution in [3.05, 3.63) is 0 Å². The molecule has 4 heteroatoms. The molecular formula is C11H21NO3. The van der Waals surface area contributed by atoms with E-state index >= 15 is 0 Å². The zero-order valence-electron chi connectivity index (χ0n) is 9.95. The van der Waals surface area contributed by atoms with Crippen LogP contribution in [0.15, 0.2) is 0 Å². The quantitative estimate of drug-likeness (QED) is 0.730. The Balaban J connectivity index is 1.96. The summed E-state index contributed by atoms with van der Waals surface area (Å²) in [6.45, 7) is 7.54. The SMILES string of the molecule is CN[C@@H]1COC2C1OC[C@@H]2OC(C)(C)C. The van der Waals surface area contributed by atoms with Crippen LogP contribution in [-0.4, -0.2) is 50.2 Å². The fraction of sp³-hybridized carbons (Fsp3) is 1.00. The summed E-state index contributed by atoms with van der Waals surface area (Å²) in [5, 5.41) is 3.21. The van der Waals surface area contributed by atoms with Gasteiger partial charge in [0.1, 0.15) is 18.3 Å². The van der Waals surface area contributed by atoms with Gasteiger partial charge in [-0.05, 0) is 27.8 Å². The monoisotopic (exact) mass is 215 g/mol. The van der Waals surface area contributed by atoms with Gasteiger partial charge in [-0.15, -0.1) is 0 Å². The molecule has 2 saturated heterocycles. The van der Waals surface area contributed by atoms with Gasteiger partial charge in [-0.1, -0.05) is 0 Å². The molecule has 0 spiro atoms. The molecule has 2 aliphatic heterocycles. The molecule has 0 saturated carbocycles. The maximum atomic E-state index is 5.93. The van der Waals surface area contributed by atoms with Crippen LogP contribution < -0.4 is 5.32 Å². The lowest BCUT2D eigenvalue weighted by atomic mass is 10.1. The molecule has 15 heavy (non-hydrogen) atoms. The molecule has 0 aromatic carbocycles. The summed E-state index contributed by atoms with van der Waals surface area (Å²) in [4.78, 5) is 0. The fourth-order valence-corrected chi connectivity index (χ4v) is 2.27. The molecule has 1 N–H and O–H groups in total. The number of fused-ring (bicyclic) bond motifs is 1. The highest BCUT2D eigenvalue weighted by Gasteiger charge is 2.48. The van der Waals surface area contributed by atoms with E-state index in [2.05, 4.69) is 26.1 Å². The number of nitrogens with one attached hydrogen (secondary N) is 1. The summed E-state index contributed by atoms with van der Waals surface area (Å²) >= 11 is 0. The molecule has 2 fully saturated rings. The van der Waals surface area contributed by atoms with Gasteiger partial charge in [-0.3, -0.25) is 0 Å². The van der Waals surface area contributed by atoms with Crippen LogP contribution in [0.4, 0.5) is 0 Å². The van der Waals surface area contributed by atoms with E-state index in [1.54, 1.807) is 0 Å². The first-order chi connectivity index (χ1) is 7.01. The van der Waals surface area contributed by atoms with Gasteiger partial charge in [0.05, 0.1) is 24.9 Å². The summed E-state index contributed by atoms with van der Waals surface area (Å²) < 4.78 is 17.4. The van der Waals surface area contributed by atoms with Crippen molar-refractivity contribution < 1.29 is 14.2 Å². The third-order valence-electron chi connectivity index (χ3n) is 2.88. The van der Waals surface area contributed by atoms with Gasteiger partial charge in [-0.2, -0.15) is 0 Å². The van der Waals surface area contributed by atoms with E-state index in [4.69, 9.17) is 14.2 Å². The Morgan fingerprint density at radius 2 is 1.80 bits per heavy atom. The zero-order valence-corrected chi connectivity index (χ0v) is 9.95. The van der Waals surface area contributed by atoms with Crippen molar-refractivity contribution in [3.63, 3.8) is 0 Å². The highest BCUT2D eigenvalue weighted by molar-refractivity contribution is 4.98. The second-order valence-corrected chi connectivity index (χ2v) is 5.26. The van der Waals surface area contributed by atoms with Crippen molar-refractivity contribution in [2.24, 2.45) is 0 Å². The Bertz CT molecular complexity index is 226. The molecule has 2 rings (SSSR count). The third kappa shape index (κ3) is 2.33. The summed E-state index contributed by atoms with van der Waals surface area (Å²) in [6, 6.07) is 0.309. The molecule has 0 aliphatic carbocycles. The zero-order chi connectivity index (χ0) is 11.1. The first kappa shape index (κ1) is 11.3. The molecule has 0 amide bonds. The number of likely N-dealkylation sites (N-methyl/N-ethyl adjacent to an activating group) is 1. The molecular weight excluding hydrogens is 194 g/mol. The molecule has 2 unspecified atom stereocenters. The molecule has 88 valence electrons. The van der Waals surface area contributed by atoms with Crippen molar-refractivity contribution in [1.29, 1.82) is 0 Å². The van der Waals surface area contributed by atoms with E-state index in [1.807, 2.05) is 7.05 Å². The van der Waals surface area contributed by atoms with Crippen molar-refractivity contribution in [2.75, 3.05) is 20.3 Å². The lowest BCUT2D eigenvalue weighted by Crippen LogP contribution is -2.40. The second kappa shape index (κ2) is 4.01. The number of rotatable bonds is 2. The molecule has 0 aromatic rings. The predicted molar refractivity (Wildman–Crippen MR) is 57.0 cm³/mol. The van der Waals surface area contributed by atoms with E-state index in [-0.39, 0.29) is 23.9 Å². The molecule has 4 atom stereocenters. The van der Waals surface area contributed by atoms with Crippen molar-refractivity contribution in [1.82, 2.24) is 5.32 Å². The van der Waals surface area contributed by atoms with Crippen LogP contribution >= 0.6 is 0 Å². The highest BCUT2D eigenvalue weighted by Crippen LogP contribution is 2.30. The summed E-state index contributed by atoms with van der Waals surface area (Å²) in [6.07, 6.45) is 0.331. The first-order valence-electron chi connectivity index (χ1n) is 5.59. The average molecular weight is 215 g/mol. The average Bonchev–Trinajstić information content (AvgIpc) is 2.65. The van der Waals surface area contributed by atoms with E-state index < -0.39 is 0 Å². The Morgan fingerprint density at radius 1 is 1.13 bits per heavy atom. The summed E-state index contributed by atoms with van der Waals surface area (Å²) in [7, 11) is 1.94. The van der Waals surface area contributed by atoms with Crippen LogP contribution in [0.1, 0.15) is 20.8 Å². The minimum Gasteiger partial charge on any atom is -0.371 e. The Kier molecular flexibility index (Phi) is 3.03. The van der Waals surface area contributed by atoms with Gasteiger partial charge < -0.3 is 19.5 Å². The molecule has 0 bridgehead atoms. The molecule has 2 aliphatic rings. The minimum absolute atomic E-state index is 0.0772. The minimum atomic E-state index is -0.135. The molecule has 0 aromatic heterocycles. The maximum Gasteiger partial charge on any atom is 0.114 e. The van der Waals surface area contributed by atoms with Crippen LogP contribution in [0.5, 0.6) is 0 Å². The Labute approximate surface area is 91.3 Å². The first-order valence-corrected chi connectivity index (χ1v) is 5.59. The van der Waals surface area contributed by atoms with Crippen molar-refractivity contribution in [2.45, 2.75) is 50.7 Å². The largest absolute Gasteiger partial charge is 0.371 e. The number of hydrogen-bond acceptors (Lipinski definition) is 4. The third-order valence-corrected chi connectivity index (χ3v) is 2.88. The fourth-order valence-electron chi connectivity index (χ4n) is 2.27. The Morgan fingerprint density at radius 3 is 2.40 bits per heavy atom. The van der Waals surface area contributed by atoms with E-state index in [0.717, 1.165) is 6.61 Å². The van der Waals surface area contributed by atoms with Crippen LogP contribution in [0.25, 0.3) is 0 Å². The normalized spacial score (nSPS) is 40.8. The lowest BCUT2D eigenvalue weighted by Gasteiger charge is -2.26. The molecule has 0 radical (unpaired) electrons. The van der Waals surface area contributed by atoms with Crippen molar-refractivity contribution >= 4 is 0 Å². The lowest BCUT2D eigenvalue weighted by molar-refractivity contribution is -0.102. The van der Waals surface area contributed by atoms with Gasteiger partial charge in [0.2, 0.25) is 0 Å². The standard InChI is InChI=1S/C11H21NO3/c1-11(2,3)15-8-6-14-9-7(12-4)5-13-10(8)9/h7-10,12H,5-6H2,1-4H3/t7-,8+,9?,10?/m1/s1. The van der Waals surface area contributed by atoms with Crippen molar-refractivity contribution in [3.8, 4) is 0 Å². The van der Waals surface area contributed by atoms with E-state index in [0.29, 0.717) is 12.6 Å². The highest BCUT2D eigenvalue weighted by atomic mass is 16.6. The van der Waals surface area contributed by atoms with Gasteiger partial charge in [0, 0.05) is 0 Å². The van der Waals surface area contributed by atoms with Crippen LogP contribution in [0.3, 0.4) is 0 Å². The summed E-state index contributed by atoms with van der Waals surface area (Å²) in [5.74, 6) is 0. The smallest absolute Gasteiger partial charge is 0.114 e. The van der Waals surface area contributed by atoms with Gasteiger partial charge >= 0.3 is 0 Å². The predicted octanol–water partition coefficient (Wildman–Crippen LogP) is 0.556. The topological polar surface area (TPSA) is 39.7 Å². The van der Waals surface area contributed by atoms with Crippen LogP contribution in [-0.2, 0) is 14.2 Å².